The van der Waals surface area contributed by atoms with E-state index in [-0.39, 0.29) is 5.91 Å². The number of carbonyl (C=O) groups is 1. The second-order valence-corrected chi connectivity index (χ2v) is 7.71. The Hall–Kier alpha value is -2.77. The molecule has 0 spiro atoms. The molecule has 0 aliphatic carbocycles. The molecule has 4 rings (SSSR count). The Bertz CT molecular complexity index is 935. The van der Waals surface area contributed by atoms with Crippen molar-refractivity contribution in [1.29, 1.82) is 0 Å². The molecule has 3 aromatic rings. The number of nitrogens with zero attached hydrogens (tertiary/aromatic N) is 4. The molecule has 1 amide bonds. The number of likely N-dealkylation sites (N-methyl/N-ethyl adjacent to an activating group) is 1. The lowest BCUT2D eigenvalue weighted by Gasteiger charge is -2.34. The maximum atomic E-state index is 12.7. The summed E-state index contributed by atoms with van der Waals surface area (Å²) in [7, 11) is 0. The van der Waals surface area contributed by atoms with E-state index in [0.717, 1.165) is 38.5 Å². The van der Waals surface area contributed by atoms with E-state index in [4.69, 9.17) is 4.74 Å². The van der Waals surface area contributed by atoms with Crippen LogP contribution in [-0.4, -0.2) is 57.8 Å². The van der Waals surface area contributed by atoms with Gasteiger partial charge in [0.05, 0.1) is 0 Å². The Morgan fingerprint density at radius 2 is 1.76 bits per heavy atom. The van der Waals surface area contributed by atoms with Crippen LogP contribution in [0.5, 0.6) is 10.9 Å². The highest BCUT2D eigenvalue weighted by molar-refractivity contribution is 7.07. The molecule has 0 saturated carbocycles. The maximum Gasteiger partial charge on any atom is 0.298 e. The first-order valence-corrected chi connectivity index (χ1v) is 10.6. The third-order valence-electron chi connectivity index (χ3n) is 5.07. The van der Waals surface area contributed by atoms with Crippen LogP contribution in [0.15, 0.2) is 54.6 Å². The van der Waals surface area contributed by atoms with E-state index >= 15 is 0 Å². The largest absolute Gasteiger partial charge is 0.430 e. The van der Waals surface area contributed by atoms with Crippen molar-refractivity contribution >= 4 is 17.4 Å². The Kier molecular flexibility index (Phi) is 6.17. The van der Waals surface area contributed by atoms with Crippen LogP contribution >= 0.6 is 11.5 Å². The summed E-state index contributed by atoms with van der Waals surface area (Å²) in [6, 6.07) is 17.4. The first kappa shape index (κ1) is 19.5. The van der Waals surface area contributed by atoms with Crippen LogP contribution in [0.1, 0.15) is 28.7 Å². The second kappa shape index (κ2) is 9.15. The molecule has 0 radical (unpaired) electrons. The zero-order chi connectivity index (χ0) is 20.1. The van der Waals surface area contributed by atoms with Crippen LogP contribution in [0.3, 0.4) is 0 Å². The number of ether oxygens (including phenoxy) is 1. The molecule has 1 aliphatic rings. The number of rotatable bonds is 6. The summed E-state index contributed by atoms with van der Waals surface area (Å²) in [6.45, 7) is 6.61. The monoisotopic (exact) mass is 408 g/mol. The number of amides is 1. The standard InChI is InChI=1S/C22H24N4O2S/c1-2-25-12-14-26(15-13-25)21(27)18-8-10-19(11-9-18)28-22-23-20(24-29-22)16-17-6-4-3-5-7-17/h3-11H,2,12-16H2,1H3. The van der Waals surface area contributed by atoms with Crippen LogP contribution < -0.4 is 4.74 Å². The normalized spacial score (nSPS) is 14.7. The van der Waals surface area contributed by atoms with Gasteiger partial charge in [-0.25, -0.2) is 0 Å². The van der Waals surface area contributed by atoms with Gasteiger partial charge in [0.15, 0.2) is 5.82 Å². The zero-order valence-corrected chi connectivity index (χ0v) is 17.3. The van der Waals surface area contributed by atoms with Crippen LogP contribution in [0.25, 0.3) is 0 Å². The van der Waals surface area contributed by atoms with Crippen LogP contribution in [-0.2, 0) is 6.42 Å². The Labute approximate surface area is 174 Å². The summed E-state index contributed by atoms with van der Waals surface area (Å²) in [5, 5.41) is 0.505. The topological polar surface area (TPSA) is 58.6 Å². The lowest BCUT2D eigenvalue weighted by atomic mass is 10.1. The minimum absolute atomic E-state index is 0.0772. The first-order valence-electron chi connectivity index (χ1n) is 9.87. The average Bonchev–Trinajstić information content (AvgIpc) is 3.21. The maximum absolute atomic E-state index is 12.7. The highest BCUT2D eigenvalue weighted by Gasteiger charge is 2.21. The van der Waals surface area contributed by atoms with Gasteiger partial charge in [0.1, 0.15) is 5.75 Å². The number of hydrogen-bond acceptors (Lipinski definition) is 6. The summed E-state index contributed by atoms with van der Waals surface area (Å²) in [5.74, 6) is 1.47. The molecule has 6 nitrogen and oxygen atoms in total. The number of benzene rings is 2. The van der Waals surface area contributed by atoms with Crippen molar-refractivity contribution in [2.75, 3.05) is 32.7 Å². The van der Waals surface area contributed by atoms with E-state index in [9.17, 15) is 4.79 Å². The van der Waals surface area contributed by atoms with Gasteiger partial charge in [-0.15, -0.1) is 0 Å². The fourth-order valence-corrected chi connectivity index (χ4v) is 3.91. The number of hydrogen-bond donors (Lipinski definition) is 0. The summed E-state index contributed by atoms with van der Waals surface area (Å²) in [6.07, 6.45) is 0.680. The average molecular weight is 409 g/mol. The summed E-state index contributed by atoms with van der Waals surface area (Å²) in [4.78, 5) is 21.4. The van der Waals surface area contributed by atoms with Gasteiger partial charge in [0, 0.05) is 49.7 Å². The van der Waals surface area contributed by atoms with E-state index in [1.54, 1.807) is 0 Å². The molecular weight excluding hydrogens is 384 g/mol. The van der Waals surface area contributed by atoms with Crippen molar-refractivity contribution in [3.63, 3.8) is 0 Å². The fourth-order valence-electron chi connectivity index (χ4n) is 3.35. The quantitative estimate of drug-likeness (QED) is 0.622. The molecule has 1 aliphatic heterocycles. The van der Waals surface area contributed by atoms with Crippen LogP contribution in [0.2, 0.25) is 0 Å². The molecule has 2 heterocycles. The van der Waals surface area contributed by atoms with Crippen molar-refractivity contribution in [2.24, 2.45) is 0 Å². The van der Waals surface area contributed by atoms with E-state index < -0.39 is 0 Å². The van der Waals surface area contributed by atoms with Gasteiger partial charge in [0.2, 0.25) is 0 Å². The minimum atomic E-state index is 0.0772. The van der Waals surface area contributed by atoms with Crippen LogP contribution in [0.4, 0.5) is 0 Å². The molecule has 1 saturated heterocycles. The molecule has 0 N–H and O–H groups in total. The van der Waals surface area contributed by atoms with Gasteiger partial charge >= 0.3 is 0 Å². The van der Waals surface area contributed by atoms with Gasteiger partial charge in [-0.05, 0) is 36.4 Å². The third-order valence-corrected chi connectivity index (χ3v) is 5.70. The smallest absolute Gasteiger partial charge is 0.298 e. The van der Waals surface area contributed by atoms with E-state index in [2.05, 4.69) is 33.3 Å². The third kappa shape index (κ3) is 4.99. The van der Waals surface area contributed by atoms with Crippen LogP contribution in [0, 0.1) is 0 Å². The molecule has 7 heteroatoms. The molecule has 150 valence electrons. The SMILES string of the molecule is CCN1CCN(C(=O)c2ccc(Oc3nc(Cc4ccccc4)ns3)cc2)CC1. The van der Waals surface area contributed by atoms with Crippen molar-refractivity contribution < 1.29 is 9.53 Å². The summed E-state index contributed by atoms with van der Waals surface area (Å²) < 4.78 is 10.2. The van der Waals surface area contributed by atoms with Gasteiger partial charge < -0.3 is 14.5 Å². The number of aromatic nitrogens is 2. The minimum Gasteiger partial charge on any atom is -0.430 e. The predicted octanol–water partition coefficient (Wildman–Crippen LogP) is 3.70. The zero-order valence-electron chi connectivity index (χ0n) is 16.5. The molecule has 2 aromatic carbocycles. The van der Waals surface area contributed by atoms with Crippen molar-refractivity contribution in [3.05, 3.63) is 71.5 Å². The Morgan fingerprint density at radius 3 is 2.45 bits per heavy atom. The lowest BCUT2D eigenvalue weighted by molar-refractivity contribution is 0.0643. The van der Waals surface area contributed by atoms with Gasteiger partial charge in [0.25, 0.3) is 11.1 Å². The van der Waals surface area contributed by atoms with E-state index in [1.165, 1.54) is 17.1 Å². The van der Waals surface area contributed by atoms with Crippen molar-refractivity contribution in [3.8, 4) is 10.9 Å². The van der Waals surface area contributed by atoms with Gasteiger partial charge in [-0.3, -0.25) is 4.79 Å². The predicted molar refractivity (Wildman–Crippen MR) is 114 cm³/mol. The molecule has 1 aromatic heterocycles. The van der Waals surface area contributed by atoms with E-state index in [1.807, 2.05) is 47.4 Å². The number of carbonyl (C=O) groups excluding carboxylic acids is 1. The van der Waals surface area contributed by atoms with Crippen molar-refractivity contribution in [2.45, 2.75) is 13.3 Å². The fraction of sp³-hybridized carbons (Fsp3) is 0.318. The molecule has 0 atom stereocenters. The highest BCUT2D eigenvalue weighted by Crippen LogP contribution is 2.24. The summed E-state index contributed by atoms with van der Waals surface area (Å²) in [5.41, 5.74) is 1.85. The Balaban J connectivity index is 1.34. The van der Waals surface area contributed by atoms with Gasteiger partial charge in [-0.1, -0.05) is 37.3 Å². The molecule has 1 fully saturated rings. The molecule has 29 heavy (non-hydrogen) atoms. The molecule has 0 unspecified atom stereocenters. The highest BCUT2D eigenvalue weighted by atomic mass is 32.1. The Morgan fingerprint density at radius 1 is 1.03 bits per heavy atom. The molecule has 0 bridgehead atoms. The van der Waals surface area contributed by atoms with Gasteiger partial charge in [-0.2, -0.15) is 9.36 Å². The first-order chi connectivity index (χ1) is 14.2. The number of piperazine rings is 1. The lowest BCUT2D eigenvalue weighted by Crippen LogP contribution is -2.48. The second-order valence-electron chi connectivity index (χ2n) is 6.99. The molecular formula is C22H24N4O2S. The summed E-state index contributed by atoms with van der Waals surface area (Å²) >= 11 is 1.24. The van der Waals surface area contributed by atoms with E-state index in [0.29, 0.717) is 22.9 Å². The van der Waals surface area contributed by atoms with Crippen molar-refractivity contribution in [1.82, 2.24) is 19.2 Å².